The lowest BCUT2D eigenvalue weighted by Gasteiger charge is -2.27. The Morgan fingerprint density at radius 1 is 1.21 bits per heavy atom. The van der Waals surface area contributed by atoms with Crippen LogP contribution in [0, 0.1) is 0 Å². The van der Waals surface area contributed by atoms with E-state index in [1.807, 2.05) is 36.0 Å². The molecule has 4 aromatic rings. The third kappa shape index (κ3) is 4.11. The van der Waals surface area contributed by atoms with Gasteiger partial charge in [0.1, 0.15) is 12.3 Å². The maximum absolute atomic E-state index is 13.3. The fourth-order valence-corrected chi connectivity index (χ4v) is 4.95. The molecule has 0 radical (unpaired) electrons. The number of carbonyl (C=O) groups is 1. The van der Waals surface area contributed by atoms with Crippen LogP contribution in [0.1, 0.15) is 0 Å². The number of hydrogen-bond donors (Lipinski definition) is 1. The molecule has 9 nitrogen and oxygen atoms in total. The number of rotatable bonds is 5. The number of fused-ring (bicyclic) bond motifs is 3. The molecular weight excluding hydrogens is 464 g/mol. The summed E-state index contributed by atoms with van der Waals surface area (Å²) in [5, 5.41) is 7.72. The first-order valence-electron chi connectivity index (χ1n) is 10.4. The summed E-state index contributed by atoms with van der Waals surface area (Å²) < 4.78 is 7.98. The Balaban J connectivity index is 1.55. The molecule has 0 spiro atoms. The number of nitrogens with zero attached hydrogens (tertiary/aromatic N) is 5. The minimum atomic E-state index is -0.422. The molecule has 3 heterocycles. The number of hydrogen-bond acceptors (Lipinski definition) is 7. The smallest absolute Gasteiger partial charge is 0.351 e. The van der Waals surface area contributed by atoms with Gasteiger partial charge < -0.3 is 15.0 Å². The van der Waals surface area contributed by atoms with Crippen LogP contribution in [0.4, 0.5) is 11.5 Å². The Bertz CT molecular complexity index is 1410. The SMILES string of the molecule is COc1ccc(Cl)cc1NC(=O)Cn1nc2c(N3CCSCC3)nc3ccccc3n2c1=O. The van der Waals surface area contributed by atoms with E-state index in [1.165, 1.54) is 11.5 Å². The highest BCUT2D eigenvalue weighted by Crippen LogP contribution is 2.28. The third-order valence-corrected chi connectivity index (χ3v) is 6.61. The zero-order valence-electron chi connectivity index (χ0n) is 17.8. The lowest BCUT2D eigenvalue weighted by Crippen LogP contribution is -2.33. The summed E-state index contributed by atoms with van der Waals surface area (Å²) in [5.41, 5.74) is 1.82. The van der Waals surface area contributed by atoms with Crippen molar-refractivity contribution in [1.82, 2.24) is 19.2 Å². The van der Waals surface area contributed by atoms with Crippen LogP contribution in [0.3, 0.4) is 0 Å². The summed E-state index contributed by atoms with van der Waals surface area (Å²) in [5.74, 6) is 2.66. The zero-order valence-corrected chi connectivity index (χ0v) is 19.4. The van der Waals surface area contributed by atoms with Crippen LogP contribution in [-0.2, 0) is 11.3 Å². The topological polar surface area (TPSA) is 93.8 Å². The molecule has 5 rings (SSSR count). The Hall–Kier alpha value is -3.24. The van der Waals surface area contributed by atoms with Crippen LogP contribution < -0.4 is 20.6 Å². The molecule has 1 amide bonds. The number of thioether (sulfide) groups is 1. The molecule has 0 unspecified atom stereocenters. The van der Waals surface area contributed by atoms with Gasteiger partial charge in [0.05, 0.1) is 23.8 Å². The summed E-state index contributed by atoms with van der Waals surface area (Å²) >= 11 is 7.94. The van der Waals surface area contributed by atoms with E-state index in [2.05, 4.69) is 15.3 Å². The summed E-state index contributed by atoms with van der Waals surface area (Å²) in [4.78, 5) is 33.1. The molecule has 0 saturated carbocycles. The first kappa shape index (κ1) is 21.6. The molecular formula is C22H21ClN6O3S. The van der Waals surface area contributed by atoms with Crippen LogP contribution in [0.25, 0.3) is 16.7 Å². The minimum Gasteiger partial charge on any atom is -0.495 e. The number of methoxy groups -OCH3 is 1. The summed E-state index contributed by atoms with van der Waals surface area (Å²) in [6.07, 6.45) is 0. The maximum atomic E-state index is 13.3. The van der Waals surface area contributed by atoms with Crippen LogP contribution in [0.5, 0.6) is 5.75 Å². The fourth-order valence-electron chi connectivity index (χ4n) is 3.88. The number of amides is 1. The molecule has 1 saturated heterocycles. The molecule has 1 fully saturated rings. The van der Waals surface area contributed by atoms with E-state index >= 15 is 0 Å². The Morgan fingerprint density at radius 3 is 2.79 bits per heavy atom. The van der Waals surface area contributed by atoms with Crippen molar-refractivity contribution < 1.29 is 9.53 Å². The average Bonchev–Trinajstić information content (AvgIpc) is 3.15. The second-order valence-corrected chi connectivity index (χ2v) is 9.18. The first-order valence-corrected chi connectivity index (χ1v) is 11.9. The van der Waals surface area contributed by atoms with Gasteiger partial charge in [0.15, 0.2) is 5.82 Å². The molecule has 2 aromatic heterocycles. The third-order valence-electron chi connectivity index (χ3n) is 5.43. The van der Waals surface area contributed by atoms with E-state index in [0.29, 0.717) is 39.0 Å². The van der Waals surface area contributed by atoms with E-state index in [9.17, 15) is 9.59 Å². The summed E-state index contributed by atoms with van der Waals surface area (Å²) in [6, 6.07) is 12.4. The normalized spacial score (nSPS) is 14.1. The van der Waals surface area contributed by atoms with Crippen molar-refractivity contribution in [2.75, 3.05) is 41.9 Å². The predicted molar refractivity (Wildman–Crippen MR) is 131 cm³/mol. The number of ether oxygens (including phenoxy) is 1. The second kappa shape index (κ2) is 8.95. The molecule has 170 valence electrons. The predicted octanol–water partition coefficient (Wildman–Crippen LogP) is 2.90. The van der Waals surface area contributed by atoms with E-state index in [0.717, 1.165) is 29.3 Å². The van der Waals surface area contributed by atoms with Crippen molar-refractivity contribution in [3.8, 4) is 5.75 Å². The van der Waals surface area contributed by atoms with Crippen molar-refractivity contribution in [3.63, 3.8) is 0 Å². The Kier molecular flexibility index (Phi) is 5.86. The molecule has 11 heteroatoms. The van der Waals surface area contributed by atoms with E-state index in [1.54, 1.807) is 18.2 Å². The van der Waals surface area contributed by atoms with Gasteiger partial charge in [-0.05, 0) is 30.3 Å². The van der Waals surface area contributed by atoms with Crippen molar-refractivity contribution >= 4 is 57.5 Å². The standard InChI is InChI=1S/C22H21ClN6O3S/c1-32-18-7-6-14(23)12-16(18)24-19(30)13-28-22(31)29-17-5-3-2-4-15(17)25-20(21(29)26-28)27-8-10-33-11-9-27/h2-7,12H,8-11,13H2,1H3,(H,24,30). The molecule has 0 atom stereocenters. The quantitative estimate of drug-likeness (QED) is 0.465. The van der Waals surface area contributed by atoms with Gasteiger partial charge in [-0.25, -0.2) is 18.9 Å². The van der Waals surface area contributed by atoms with Gasteiger partial charge in [-0.1, -0.05) is 23.7 Å². The largest absolute Gasteiger partial charge is 0.495 e. The lowest BCUT2D eigenvalue weighted by molar-refractivity contribution is -0.117. The van der Waals surface area contributed by atoms with Gasteiger partial charge in [0.25, 0.3) is 0 Å². The van der Waals surface area contributed by atoms with Crippen molar-refractivity contribution in [3.05, 3.63) is 58.0 Å². The van der Waals surface area contributed by atoms with Gasteiger partial charge >= 0.3 is 5.69 Å². The molecule has 1 aliphatic heterocycles. The molecule has 0 bridgehead atoms. The fraction of sp³-hybridized carbons (Fsp3) is 0.273. The van der Waals surface area contributed by atoms with Gasteiger partial charge in [-0.2, -0.15) is 11.8 Å². The highest BCUT2D eigenvalue weighted by molar-refractivity contribution is 7.99. The number of nitrogens with one attached hydrogen (secondary N) is 1. The molecule has 1 aliphatic rings. The van der Waals surface area contributed by atoms with E-state index in [4.69, 9.17) is 21.3 Å². The number of benzene rings is 2. The molecule has 2 aromatic carbocycles. The number of para-hydroxylation sites is 2. The van der Waals surface area contributed by atoms with E-state index in [-0.39, 0.29) is 6.54 Å². The lowest BCUT2D eigenvalue weighted by atomic mass is 10.3. The second-order valence-electron chi connectivity index (χ2n) is 7.52. The molecule has 33 heavy (non-hydrogen) atoms. The van der Waals surface area contributed by atoms with Crippen LogP contribution in [-0.4, -0.2) is 56.8 Å². The molecule has 0 aliphatic carbocycles. The van der Waals surface area contributed by atoms with Crippen molar-refractivity contribution in [2.24, 2.45) is 0 Å². The first-order chi connectivity index (χ1) is 16.0. The van der Waals surface area contributed by atoms with E-state index < -0.39 is 11.6 Å². The van der Waals surface area contributed by atoms with Crippen LogP contribution in [0.15, 0.2) is 47.3 Å². The van der Waals surface area contributed by atoms with Gasteiger partial charge in [-0.3, -0.25) is 4.79 Å². The average molecular weight is 485 g/mol. The highest BCUT2D eigenvalue weighted by atomic mass is 35.5. The van der Waals surface area contributed by atoms with Crippen LogP contribution in [0.2, 0.25) is 5.02 Å². The van der Waals surface area contributed by atoms with Gasteiger partial charge in [-0.15, -0.1) is 5.10 Å². The highest BCUT2D eigenvalue weighted by Gasteiger charge is 2.22. The van der Waals surface area contributed by atoms with Gasteiger partial charge in [0, 0.05) is 29.6 Å². The van der Waals surface area contributed by atoms with Gasteiger partial charge in [0.2, 0.25) is 11.6 Å². The monoisotopic (exact) mass is 484 g/mol. The number of anilines is 2. The Labute approximate surface area is 198 Å². The molecule has 1 N–H and O–H groups in total. The number of aromatic nitrogens is 4. The van der Waals surface area contributed by atoms with Crippen LogP contribution >= 0.6 is 23.4 Å². The summed E-state index contributed by atoms with van der Waals surface area (Å²) in [6.45, 7) is 1.38. The summed E-state index contributed by atoms with van der Waals surface area (Å²) in [7, 11) is 1.50. The minimum absolute atomic E-state index is 0.264. The van der Waals surface area contributed by atoms with Crippen molar-refractivity contribution in [2.45, 2.75) is 6.54 Å². The maximum Gasteiger partial charge on any atom is 0.351 e. The zero-order chi connectivity index (χ0) is 22.9. The number of halogens is 1. The number of carbonyl (C=O) groups excluding carboxylic acids is 1. The van der Waals surface area contributed by atoms with Crippen molar-refractivity contribution in [1.29, 1.82) is 0 Å². The Morgan fingerprint density at radius 2 is 2.00 bits per heavy atom.